The maximum atomic E-state index is 13.4. The number of unbranched alkanes of at least 4 members (excludes halogenated alkanes) is 52. The summed E-state index contributed by atoms with van der Waals surface area (Å²) in [6, 6.07) is 0.0983. The minimum atomic E-state index is -3.84. The number of ether oxygens (including phenoxy) is 2. The molecule has 0 heterocycles. The number of hydrogen-bond acceptors (Lipinski definition) is 11. The molecule has 0 aromatic heterocycles. The van der Waals surface area contributed by atoms with Crippen molar-refractivity contribution in [3.63, 3.8) is 0 Å². The summed E-state index contributed by atoms with van der Waals surface area (Å²) in [7, 11) is -3.84. The van der Waals surface area contributed by atoms with Crippen molar-refractivity contribution < 1.29 is 52.2 Å². The van der Waals surface area contributed by atoms with Crippen molar-refractivity contribution in [1.82, 2.24) is 10.6 Å². The van der Waals surface area contributed by atoms with Crippen LogP contribution in [0.3, 0.4) is 0 Å². The molecule has 14 heteroatoms. The van der Waals surface area contributed by atoms with Gasteiger partial charge in [0, 0.05) is 31.3 Å². The highest BCUT2D eigenvalue weighted by Gasteiger charge is 2.30. The fraction of sp³-hybridized carbons (Fsp3) is 0.944. The summed E-state index contributed by atoms with van der Waals surface area (Å²) in [5.74, 6) is 0.0893. The Morgan fingerprint density at radius 3 is 0.942 bits per heavy atom. The SMILES string of the molecule is C=CCOP(=O)(OCCC)OC[C@H](CCC(CCCCCCCCC)NC(=O)CCCCCCCCCCCCC)OC(O)CCCCCCCCCCCCC.CCCCCCCCCCCCCC(=O)NC(CCCCCCCCC)CC[C@@H](CO)OC(=O)CCCCCCCCCCCCC. The second-order valence-corrected chi connectivity index (χ2v) is 33.0. The minimum absolute atomic E-state index is 0.0101. The van der Waals surface area contributed by atoms with Crippen LogP contribution in [0.4, 0.5) is 0 Å². The third kappa shape index (κ3) is 78.3. The number of nitrogens with one attached hydrogen (secondary N) is 2. The monoisotopic (exact) mass is 1500 g/mol. The Kier molecular flexibility index (Phi) is 85.3. The van der Waals surface area contributed by atoms with Gasteiger partial charge in [0.1, 0.15) is 6.10 Å². The zero-order chi connectivity index (χ0) is 76.4. The van der Waals surface area contributed by atoms with Crippen LogP contribution in [0.2, 0.25) is 0 Å². The number of esters is 1. The highest BCUT2D eigenvalue weighted by Crippen LogP contribution is 2.50. The average molecular weight is 1500 g/mol. The van der Waals surface area contributed by atoms with Gasteiger partial charge in [0.05, 0.1) is 32.5 Å². The van der Waals surface area contributed by atoms with E-state index in [0.717, 1.165) is 89.9 Å². The van der Waals surface area contributed by atoms with Gasteiger partial charge in [-0.15, -0.1) is 6.58 Å². The lowest BCUT2D eigenvalue weighted by Gasteiger charge is -2.26. The van der Waals surface area contributed by atoms with Gasteiger partial charge in [-0.1, -0.05) is 401 Å². The van der Waals surface area contributed by atoms with Crippen LogP contribution in [-0.2, 0) is 42.0 Å². The molecule has 0 aliphatic rings. The quantitative estimate of drug-likeness (QED) is 0.0150. The van der Waals surface area contributed by atoms with Crippen LogP contribution in [0, 0.1) is 0 Å². The highest BCUT2D eigenvalue weighted by molar-refractivity contribution is 7.48. The molecule has 4 N–H and O–H groups in total. The Labute approximate surface area is 646 Å². The van der Waals surface area contributed by atoms with E-state index >= 15 is 0 Å². The first-order valence-corrected chi connectivity index (χ1v) is 47.2. The van der Waals surface area contributed by atoms with Crippen LogP contribution >= 0.6 is 7.82 Å². The molecular formula is C90H179N2O11P. The van der Waals surface area contributed by atoms with Gasteiger partial charge in [-0.25, -0.2) is 4.57 Å². The average Bonchev–Trinajstić information content (AvgIpc) is 0.897. The first-order chi connectivity index (χ1) is 50.9. The van der Waals surface area contributed by atoms with Crippen LogP contribution in [-0.4, -0.2) is 85.0 Å². The van der Waals surface area contributed by atoms with Crippen LogP contribution in [0.15, 0.2) is 12.7 Å². The van der Waals surface area contributed by atoms with E-state index in [4.69, 9.17) is 23.0 Å². The van der Waals surface area contributed by atoms with E-state index in [2.05, 4.69) is 58.8 Å². The fourth-order valence-corrected chi connectivity index (χ4v) is 15.3. The topological polar surface area (TPSA) is 179 Å². The van der Waals surface area contributed by atoms with Gasteiger partial charge >= 0.3 is 13.8 Å². The summed E-state index contributed by atoms with van der Waals surface area (Å²) in [4.78, 5) is 38.5. The van der Waals surface area contributed by atoms with Gasteiger partial charge in [0.15, 0.2) is 6.29 Å². The summed E-state index contributed by atoms with van der Waals surface area (Å²) in [6.45, 7) is 19.2. The lowest BCUT2D eigenvalue weighted by Crippen LogP contribution is -2.36. The van der Waals surface area contributed by atoms with Gasteiger partial charge in [0.2, 0.25) is 11.8 Å². The molecule has 4 unspecified atom stereocenters. The molecule has 2 amide bonds. The number of hydrogen-bond donors (Lipinski definition) is 4. The molecule has 0 rings (SSSR count). The maximum absolute atomic E-state index is 13.4. The lowest BCUT2D eigenvalue weighted by molar-refractivity contribution is -0.152. The van der Waals surface area contributed by atoms with Crippen molar-refractivity contribution in [3.8, 4) is 0 Å². The predicted octanol–water partition coefficient (Wildman–Crippen LogP) is 28.0. The van der Waals surface area contributed by atoms with Crippen molar-refractivity contribution in [2.45, 2.75) is 522 Å². The van der Waals surface area contributed by atoms with E-state index in [1.165, 1.54) is 308 Å². The minimum Gasteiger partial charge on any atom is -0.460 e. The molecule has 0 radical (unpaired) electrons. The van der Waals surface area contributed by atoms with E-state index in [-0.39, 0.29) is 56.3 Å². The van der Waals surface area contributed by atoms with Gasteiger partial charge in [0.25, 0.3) is 0 Å². The van der Waals surface area contributed by atoms with E-state index in [9.17, 15) is 29.2 Å². The Morgan fingerprint density at radius 2 is 0.635 bits per heavy atom. The Hall–Kier alpha value is -1.86. The summed E-state index contributed by atoms with van der Waals surface area (Å²) in [5.41, 5.74) is 0. The second kappa shape index (κ2) is 85.1. The zero-order valence-electron chi connectivity index (χ0n) is 70.3. The highest BCUT2D eigenvalue weighted by atomic mass is 31.2. The van der Waals surface area contributed by atoms with Crippen molar-refractivity contribution in [2.24, 2.45) is 0 Å². The third-order valence-electron chi connectivity index (χ3n) is 20.8. The molecule has 13 nitrogen and oxygen atoms in total. The summed E-state index contributed by atoms with van der Waals surface area (Å²) >= 11 is 0. The van der Waals surface area contributed by atoms with E-state index in [1.54, 1.807) is 0 Å². The molecule has 6 atom stereocenters. The van der Waals surface area contributed by atoms with E-state index in [1.807, 2.05) is 6.92 Å². The number of phosphoric ester groups is 1. The van der Waals surface area contributed by atoms with Crippen LogP contribution in [0.5, 0.6) is 0 Å². The van der Waals surface area contributed by atoms with Crippen LogP contribution in [0.25, 0.3) is 0 Å². The normalized spacial score (nSPS) is 13.6. The number of aliphatic hydroxyl groups excluding tert-OH is 2. The molecule has 104 heavy (non-hydrogen) atoms. The Morgan fingerprint density at radius 1 is 0.346 bits per heavy atom. The van der Waals surface area contributed by atoms with Crippen molar-refractivity contribution in [3.05, 3.63) is 12.7 Å². The van der Waals surface area contributed by atoms with Crippen molar-refractivity contribution in [1.29, 1.82) is 0 Å². The molecule has 0 aliphatic heterocycles. The molecule has 0 saturated carbocycles. The number of amides is 2. The summed E-state index contributed by atoms with van der Waals surface area (Å²) < 4.78 is 42.1. The van der Waals surface area contributed by atoms with Gasteiger partial charge in [-0.3, -0.25) is 28.0 Å². The molecule has 0 saturated heterocycles. The summed E-state index contributed by atoms with van der Waals surface area (Å²) in [6.07, 6.45) is 79.6. The molecule has 0 spiro atoms. The first-order valence-electron chi connectivity index (χ1n) is 45.8. The predicted molar refractivity (Wildman–Crippen MR) is 446 cm³/mol. The third-order valence-corrected chi connectivity index (χ3v) is 22.3. The molecule has 0 aromatic rings. The fourth-order valence-electron chi connectivity index (χ4n) is 14.0. The van der Waals surface area contributed by atoms with Crippen LogP contribution in [0.1, 0.15) is 492 Å². The summed E-state index contributed by atoms with van der Waals surface area (Å²) in [5, 5.41) is 27.6. The molecular weight excluding hydrogens is 1320 g/mol. The molecule has 0 aliphatic carbocycles. The largest absolute Gasteiger partial charge is 0.475 e. The molecule has 0 bridgehead atoms. The number of phosphoric acid groups is 1. The van der Waals surface area contributed by atoms with Gasteiger partial charge < -0.3 is 30.3 Å². The number of carbonyl (C=O) groups is 3. The van der Waals surface area contributed by atoms with E-state index in [0.29, 0.717) is 51.4 Å². The lowest BCUT2D eigenvalue weighted by atomic mass is 10.00. The van der Waals surface area contributed by atoms with Crippen LogP contribution < -0.4 is 10.6 Å². The zero-order valence-corrected chi connectivity index (χ0v) is 71.2. The number of carbonyl (C=O) groups excluding carboxylic acids is 3. The standard InChI is InChI=1S/C48H96NO7P.C42H83NO4/c1-6-11-14-17-20-22-24-26-29-32-35-38-47(50)49-45(37-34-31-28-19-16-13-8-3)40-41-46(44-55-57(52,53-42-9-4)54-43-10-5)56-48(51)39-36-33-30-27-25-23-21-18-15-12-7-2;1-4-7-10-13-16-18-20-22-25-28-31-34-41(45)43-39(33-30-27-24-15-12-9-6-3)36-37-40(38-44)47-42(46)35-32-29-26-23-21-19-17-14-11-8-5-2/h9,45-46,48,51H,4,6-8,10-44H2,1-3,5H3,(H,49,50);39-40,44H,4-38H2,1-3H3,(H,43,45)/t45?,46-,48?,57?;39?,40-/m00/s1. The smallest absolute Gasteiger partial charge is 0.460 e. The maximum Gasteiger partial charge on any atom is 0.475 e. The second-order valence-electron chi connectivity index (χ2n) is 31.4. The molecule has 620 valence electrons. The first kappa shape index (κ1) is 104. The molecule has 0 aromatic carbocycles. The Balaban J connectivity index is 0. The van der Waals surface area contributed by atoms with Gasteiger partial charge in [-0.2, -0.15) is 0 Å². The van der Waals surface area contributed by atoms with Crippen molar-refractivity contribution in [2.75, 3.05) is 26.4 Å². The molecule has 0 fully saturated rings. The van der Waals surface area contributed by atoms with Gasteiger partial charge in [-0.05, 0) is 77.0 Å². The Bertz CT molecular complexity index is 1810. The van der Waals surface area contributed by atoms with E-state index < -0.39 is 26.3 Å². The van der Waals surface area contributed by atoms with Crippen molar-refractivity contribution >= 4 is 25.6 Å². The number of aliphatic hydroxyl groups is 2. The number of rotatable bonds is 85.